The lowest BCUT2D eigenvalue weighted by Gasteiger charge is -2.34. The van der Waals surface area contributed by atoms with E-state index in [0.717, 1.165) is 24.8 Å². The van der Waals surface area contributed by atoms with Gasteiger partial charge in [-0.1, -0.05) is 17.7 Å². The van der Waals surface area contributed by atoms with E-state index in [1.54, 1.807) is 34.5 Å². The van der Waals surface area contributed by atoms with Crippen LogP contribution in [-0.2, 0) is 7.05 Å². The highest BCUT2D eigenvalue weighted by Gasteiger charge is 2.33. The van der Waals surface area contributed by atoms with Crippen molar-refractivity contribution in [1.29, 1.82) is 0 Å². The molecule has 6 rings (SSSR count). The fourth-order valence-corrected chi connectivity index (χ4v) is 4.90. The number of hydrogen-bond acceptors (Lipinski definition) is 8. The van der Waals surface area contributed by atoms with Crippen LogP contribution in [0.1, 0.15) is 48.9 Å². The van der Waals surface area contributed by atoms with E-state index < -0.39 is 6.10 Å². The molecule has 0 aliphatic heterocycles. The number of halogens is 1. The minimum absolute atomic E-state index is 0.198. The number of aryl methyl sites for hydroxylation is 1. The van der Waals surface area contributed by atoms with Crippen LogP contribution in [0.4, 0.5) is 11.6 Å². The van der Waals surface area contributed by atoms with Crippen molar-refractivity contribution in [2.24, 2.45) is 12.8 Å². The van der Waals surface area contributed by atoms with Crippen molar-refractivity contribution >= 4 is 40.2 Å². The average Bonchev–Trinajstić information content (AvgIpc) is 3.70. The number of anilines is 2. The zero-order valence-electron chi connectivity index (χ0n) is 20.1. The van der Waals surface area contributed by atoms with Gasteiger partial charge in [-0.3, -0.25) is 9.78 Å². The molecule has 10 nitrogen and oxygen atoms in total. The average molecular weight is 520 g/mol. The van der Waals surface area contributed by atoms with Gasteiger partial charge < -0.3 is 30.0 Å². The second-order valence-electron chi connectivity index (χ2n) is 9.46. The number of pyridine rings is 3. The molecule has 4 aromatic rings. The van der Waals surface area contributed by atoms with E-state index in [-0.39, 0.29) is 11.6 Å². The lowest BCUT2D eigenvalue weighted by molar-refractivity contribution is 0.0299. The van der Waals surface area contributed by atoms with Crippen LogP contribution >= 0.6 is 11.6 Å². The number of imidazole rings is 1. The number of fused-ring (bicyclic) bond motifs is 1. The quantitative estimate of drug-likeness (QED) is 0.314. The second kappa shape index (κ2) is 9.20. The van der Waals surface area contributed by atoms with Crippen molar-refractivity contribution in [3.05, 3.63) is 75.7 Å². The van der Waals surface area contributed by atoms with Crippen LogP contribution < -0.4 is 21.3 Å². The standard InChI is InChI=1S/C26H26ClN7O3/c1-33-23-22(27)21(37-20(11-28)16-4-2-3-9-29-16)12-30-24(23)32-26(33)31-17-10-15(14-5-6-14)13-34(25(17)36)18-7-8-19(18)35/h2-4,9-14,18-19,35H,5-8,28H2,1H3,(H,30,31,32)/b20-11+/t18-,19+/m1/s1. The highest BCUT2D eigenvalue weighted by Crippen LogP contribution is 2.42. The molecule has 4 N–H and O–H groups in total. The van der Waals surface area contributed by atoms with Crippen molar-refractivity contribution in [2.45, 2.75) is 43.7 Å². The Morgan fingerprint density at radius 3 is 2.76 bits per heavy atom. The van der Waals surface area contributed by atoms with E-state index in [9.17, 15) is 9.90 Å². The molecule has 0 saturated heterocycles. The van der Waals surface area contributed by atoms with Crippen molar-refractivity contribution in [1.82, 2.24) is 24.1 Å². The monoisotopic (exact) mass is 519 g/mol. The summed E-state index contributed by atoms with van der Waals surface area (Å²) in [6.07, 6.45) is 9.50. The zero-order chi connectivity index (χ0) is 25.7. The summed E-state index contributed by atoms with van der Waals surface area (Å²) >= 11 is 6.73. The van der Waals surface area contributed by atoms with Gasteiger partial charge in [0, 0.05) is 25.6 Å². The SMILES string of the molecule is Cn1c(Nc2cc(C3CC3)cn([C@@H]3CC[C@@H]3O)c2=O)nc2ncc(O/C(=C/N)c3ccccn3)c(Cl)c21. The molecule has 11 heteroatoms. The third kappa shape index (κ3) is 4.21. The van der Waals surface area contributed by atoms with Gasteiger partial charge in [0.05, 0.1) is 18.3 Å². The van der Waals surface area contributed by atoms with Crippen LogP contribution in [0.25, 0.3) is 16.9 Å². The Hall–Kier alpha value is -3.89. The molecule has 0 spiro atoms. The number of aliphatic hydroxyl groups excluding tert-OH is 1. The lowest BCUT2D eigenvalue weighted by Crippen LogP contribution is -2.39. The number of ether oxygens (including phenoxy) is 1. The highest BCUT2D eigenvalue weighted by molar-refractivity contribution is 6.36. The molecule has 0 amide bonds. The Balaban J connectivity index is 1.35. The van der Waals surface area contributed by atoms with E-state index in [4.69, 9.17) is 22.1 Å². The normalized spacial score (nSPS) is 19.6. The number of nitrogens with zero attached hydrogens (tertiary/aromatic N) is 5. The first-order chi connectivity index (χ1) is 17.9. The number of nitrogens with one attached hydrogen (secondary N) is 1. The molecule has 2 saturated carbocycles. The van der Waals surface area contributed by atoms with Crippen LogP contribution in [0.3, 0.4) is 0 Å². The van der Waals surface area contributed by atoms with Crippen LogP contribution in [0.5, 0.6) is 5.75 Å². The molecule has 0 unspecified atom stereocenters. The van der Waals surface area contributed by atoms with Gasteiger partial charge in [0.15, 0.2) is 17.2 Å². The van der Waals surface area contributed by atoms with Crippen molar-refractivity contribution in [2.75, 3.05) is 5.32 Å². The van der Waals surface area contributed by atoms with Gasteiger partial charge in [0.1, 0.15) is 21.9 Å². The molecule has 2 aliphatic rings. The molecule has 0 aromatic carbocycles. The van der Waals surface area contributed by atoms with E-state index >= 15 is 0 Å². The molecule has 4 aromatic heterocycles. The number of aliphatic hydroxyl groups is 1. The van der Waals surface area contributed by atoms with Crippen LogP contribution in [0.15, 0.2) is 53.9 Å². The summed E-state index contributed by atoms with van der Waals surface area (Å²) in [7, 11) is 1.78. The summed E-state index contributed by atoms with van der Waals surface area (Å²) in [6.45, 7) is 0. The molecule has 37 heavy (non-hydrogen) atoms. The Bertz CT molecular complexity index is 1580. The first kappa shape index (κ1) is 23.5. The molecule has 2 atom stereocenters. The van der Waals surface area contributed by atoms with E-state index in [1.807, 2.05) is 18.3 Å². The maximum absolute atomic E-state index is 13.4. The van der Waals surface area contributed by atoms with Crippen LogP contribution in [0.2, 0.25) is 5.02 Å². The van der Waals surface area contributed by atoms with Gasteiger partial charge in [-0.05, 0) is 55.4 Å². The third-order valence-electron chi connectivity index (χ3n) is 7.01. The summed E-state index contributed by atoms with van der Waals surface area (Å²) in [6, 6.07) is 7.08. The molecule has 2 aliphatic carbocycles. The first-order valence-electron chi connectivity index (χ1n) is 12.2. The highest BCUT2D eigenvalue weighted by atomic mass is 35.5. The molecule has 4 heterocycles. The Labute approximate surface area is 217 Å². The van der Waals surface area contributed by atoms with E-state index in [0.29, 0.717) is 57.4 Å². The minimum Gasteiger partial charge on any atom is -0.450 e. The first-order valence-corrected chi connectivity index (χ1v) is 12.6. The maximum atomic E-state index is 13.4. The summed E-state index contributed by atoms with van der Waals surface area (Å²) in [5, 5.41) is 13.7. The van der Waals surface area contributed by atoms with E-state index in [2.05, 4.69) is 20.3 Å². The number of hydrogen-bond donors (Lipinski definition) is 3. The molecular formula is C26H26ClN7O3. The Morgan fingerprint density at radius 2 is 2.11 bits per heavy atom. The molecule has 2 fully saturated rings. The molecular weight excluding hydrogens is 494 g/mol. The second-order valence-corrected chi connectivity index (χ2v) is 9.84. The lowest BCUT2D eigenvalue weighted by atomic mass is 9.88. The molecule has 0 bridgehead atoms. The topological polar surface area (TPSA) is 133 Å². The summed E-state index contributed by atoms with van der Waals surface area (Å²) in [5.41, 5.74) is 8.55. The smallest absolute Gasteiger partial charge is 0.274 e. The molecule has 190 valence electrons. The van der Waals surface area contributed by atoms with Gasteiger partial charge >= 0.3 is 0 Å². The van der Waals surface area contributed by atoms with Crippen molar-refractivity contribution in [3.63, 3.8) is 0 Å². The zero-order valence-corrected chi connectivity index (χ0v) is 20.9. The van der Waals surface area contributed by atoms with Crippen molar-refractivity contribution < 1.29 is 9.84 Å². The van der Waals surface area contributed by atoms with E-state index in [1.165, 1.54) is 12.4 Å². The Morgan fingerprint density at radius 1 is 1.27 bits per heavy atom. The predicted molar refractivity (Wildman–Crippen MR) is 141 cm³/mol. The summed E-state index contributed by atoms with van der Waals surface area (Å²) in [5.74, 6) is 1.47. The van der Waals surface area contributed by atoms with Crippen molar-refractivity contribution in [3.8, 4) is 5.75 Å². The summed E-state index contributed by atoms with van der Waals surface area (Å²) in [4.78, 5) is 26.6. The Kier molecular flexibility index (Phi) is 5.85. The fourth-order valence-electron chi connectivity index (χ4n) is 4.60. The van der Waals surface area contributed by atoms with Gasteiger partial charge in [-0.15, -0.1) is 0 Å². The van der Waals surface area contributed by atoms with Gasteiger partial charge in [-0.2, -0.15) is 4.98 Å². The maximum Gasteiger partial charge on any atom is 0.274 e. The largest absolute Gasteiger partial charge is 0.450 e. The number of aromatic nitrogens is 5. The predicted octanol–water partition coefficient (Wildman–Crippen LogP) is 3.83. The number of rotatable bonds is 7. The van der Waals surface area contributed by atoms with Crippen LogP contribution in [0, 0.1) is 0 Å². The van der Waals surface area contributed by atoms with Gasteiger partial charge in [-0.25, -0.2) is 4.98 Å². The van der Waals surface area contributed by atoms with Crippen LogP contribution in [-0.4, -0.2) is 35.3 Å². The van der Waals surface area contributed by atoms with Gasteiger partial charge in [0.2, 0.25) is 5.95 Å². The third-order valence-corrected chi connectivity index (χ3v) is 7.38. The minimum atomic E-state index is -0.504. The number of nitrogens with two attached hydrogens (primary N) is 1. The van der Waals surface area contributed by atoms with Gasteiger partial charge in [0.25, 0.3) is 5.56 Å². The summed E-state index contributed by atoms with van der Waals surface area (Å²) < 4.78 is 9.35. The fraction of sp³-hybridized carbons (Fsp3) is 0.308. The molecule has 0 radical (unpaired) electrons.